The lowest BCUT2D eigenvalue weighted by Gasteiger charge is -2.12. The molecule has 0 amide bonds. The second-order valence-electron chi connectivity index (χ2n) is 4.85. The number of halogens is 2. The quantitative estimate of drug-likeness (QED) is 0.491. The Labute approximate surface area is 140 Å². The number of rotatable bonds is 6. The van der Waals surface area contributed by atoms with Gasteiger partial charge in [-0.25, -0.2) is 0 Å². The van der Waals surface area contributed by atoms with Crippen LogP contribution < -0.4 is 0 Å². The molecule has 0 aliphatic carbocycles. The number of ketones is 1. The lowest BCUT2D eigenvalue weighted by Crippen LogP contribution is -2.09. The highest BCUT2D eigenvalue weighted by atomic mass is 35.5. The van der Waals surface area contributed by atoms with Gasteiger partial charge in [-0.1, -0.05) is 59.6 Å². The summed E-state index contributed by atoms with van der Waals surface area (Å²) in [6.07, 6.45) is 4.55. The Morgan fingerprint density at radius 3 is 1.64 bits per heavy atom. The minimum absolute atomic E-state index is 0.0845. The van der Waals surface area contributed by atoms with Gasteiger partial charge in [0.2, 0.25) is 0 Å². The summed E-state index contributed by atoms with van der Waals surface area (Å²) < 4.78 is 0. The van der Waals surface area contributed by atoms with Crippen LogP contribution in [0.5, 0.6) is 0 Å². The Kier molecular flexibility index (Phi) is 5.59. The number of carbonyl (C=O) groups excluding carboxylic acids is 1. The fourth-order valence-electron chi connectivity index (χ4n) is 2.39. The largest absolute Gasteiger partial charge is 0.289 e. The molecule has 2 rings (SSSR count). The predicted molar refractivity (Wildman–Crippen MR) is 94.1 cm³/mol. The molecule has 2 aromatic carbocycles. The summed E-state index contributed by atoms with van der Waals surface area (Å²) in [6, 6.07) is 10.7. The van der Waals surface area contributed by atoms with Gasteiger partial charge in [-0.05, 0) is 36.1 Å². The maximum absolute atomic E-state index is 13.0. The Balaban J connectivity index is 2.58. The summed E-state index contributed by atoms with van der Waals surface area (Å²) in [5, 5.41) is 1.14. The van der Waals surface area contributed by atoms with Gasteiger partial charge >= 0.3 is 0 Å². The predicted octanol–water partition coefficient (Wildman–Crippen LogP) is 5.68. The van der Waals surface area contributed by atoms with E-state index in [0.29, 0.717) is 34.0 Å². The van der Waals surface area contributed by atoms with Gasteiger partial charge in [0, 0.05) is 21.2 Å². The molecule has 0 atom stereocenters. The molecule has 0 saturated carbocycles. The monoisotopic (exact) mass is 330 g/mol. The van der Waals surface area contributed by atoms with Crippen LogP contribution >= 0.6 is 23.2 Å². The number of benzene rings is 2. The summed E-state index contributed by atoms with van der Waals surface area (Å²) in [5.74, 6) is -0.0845. The van der Waals surface area contributed by atoms with Crippen molar-refractivity contribution in [3.05, 3.63) is 94.0 Å². The van der Waals surface area contributed by atoms with Gasteiger partial charge in [0.1, 0.15) is 0 Å². The highest BCUT2D eigenvalue weighted by Crippen LogP contribution is 2.27. The van der Waals surface area contributed by atoms with Crippen molar-refractivity contribution >= 4 is 29.0 Å². The molecule has 0 N–H and O–H groups in total. The standard InChI is InChI=1S/C19H16Cl2O/c1-3-7-13-15(9-5-11-17(13)20)19(22)16-10-6-12-18(21)14(16)8-4-2/h3-6,9-12H,1-2,7-8H2. The third-order valence-electron chi connectivity index (χ3n) is 3.42. The molecule has 0 heterocycles. The van der Waals surface area contributed by atoms with E-state index in [1.165, 1.54) is 0 Å². The van der Waals surface area contributed by atoms with Gasteiger partial charge in [0.05, 0.1) is 0 Å². The summed E-state index contributed by atoms with van der Waals surface area (Å²) in [6.45, 7) is 7.45. The van der Waals surface area contributed by atoms with E-state index in [1.54, 1.807) is 48.6 Å². The molecule has 0 aromatic heterocycles. The molecule has 2 aromatic rings. The second kappa shape index (κ2) is 7.44. The molecule has 0 aliphatic heterocycles. The maximum atomic E-state index is 13.0. The van der Waals surface area contributed by atoms with Crippen LogP contribution in [0.25, 0.3) is 0 Å². The molecule has 0 saturated heterocycles. The molecular weight excluding hydrogens is 315 g/mol. The Bertz CT molecular complexity index is 671. The fourth-order valence-corrected chi connectivity index (χ4v) is 2.89. The van der Waals surface area contributed by atoms with Crippen LogP contribution in [0, 0.1) is 0 Å². The van der Waals surface area contributed by atoms with Crippen molar-refractivity contribution in [1.82, 2.24) is 0 Å². The molecule has 112 valence electrons. The number of allylic oxidation sites excluding steroid dienone is 2. The first kappa shape index (κ1) is 16.5. The van der Waals surface area contributed by atoms with Crippen LogP contribution in [0.2, 0.25) is 10.0 Å². The number of carbonyl (C=O) groups is 1. The van der Waals surface area contributed by atoms with Crippen LogP contribution in [-0.2, 0) is 12.8 Å². The molecule has 0 aliphatic rings. The zero-order valence-electron chi connectivity index (χ0n) is 12.1. The average Bonchev–Trinajstić information content (AvgIpc) is 2.51. The van der Waals surface area contributed by atoms with Crippen LogP contribution in [-0.4, -0.2) is 5.78 Å². The van der Waals surface area contributed by atoms with Crippen molar-refractivity contribution in [2.75, 3.05) is 0 Å². The highest BCUT2D eigenvalue weighted by molar-refractivity contribution is 6.33. The van der Waals surface area contributed by atoms with Crippen LogP contribution in [0.3, 0.4) is 0 Å². The topological polar surface area (TPSA) is 17.1 Å². The molecule has 22 heavy (non-hydrogen) atoms. The summed E-state index contributed by atoms with van der Waals surface area (Å²) in [4.78, 5) is 13.0. The van der Waals surface area contributed by atoms with Crippen molar-refractivity contribution in [3.8, 4) is 0 Å². The van der Waals surface area contributed by atoms with E-state index < -0.39 is 0 Å². The van der Waals surface area contributed by atoms with Crippen molar-refractivity contribution in [2.45, 2.75) is 12.8 Å². The zero-order chi connectivity index (χ0) is 16.1. The summed E-state index contributed by atoms with van der Waals surface area (Å²) in [5.41, 5.74) is 2.74. The van der Waals surface area contributed by atoms with E-state index >= 15 is 0 Å². The third kappa shape index (κ3) is 3.32. The summed E-state index contributed by atoms with van der Waals surface area (Å²) in [7, 11) is 0. The van der Waals surface area contributed by atoms with Gasteiger partial charge < -0.3 is 0 Å². The number of hydrogen-bond donors (Lipinski definition) is 0. The fraction of sp³-hybridized carbons (Fsp3) is 0.105. The van der Waals surface area contributed by atoms with Crippen LogP contribution in [0.15, 0.2) is 61.7 Å². The van der Waals surface area contributed by atoms with Gasteiger partial charge in [-0.3, -0.25) is 4.79 Å². The lowest BCUT2D eigenvalue weighted by atomic mass is 9.92. The highest BCUT2D eigenvalue weighted by Gasteiger charge is 2.18. The molecule has 0 bridgehead atoms. The van der Waals surface area contributed by atoms with E-state index in [9.17, 15) is 4.79 Å². The Hall–Kier alpha value is -1.83. The molecule has 0 fully saturated rings. The Morgan fingerprint density at radius 1 is 0.864 bits per heavy atom. The minimum atomic E-state index is -0.0845. The molecule has 0 radical (unpaired) electrons. The van der Waals surface area contributed by atoms with Crippen molar-refractivity contribution in [1.29, 1.82) is 0 Å². The first-order chi connectivity index (χ1) is 10.6. The smallest absolute Gasteiger partial charge is 0.193 e. The SMILES string of the molecule is C=CCc1c(Cl)cccc1C(=O)c1cccc(Cl)c1CC=C. The summed E-state index contributed by atoms with van der Waals surface area (Å²) >= 11 is 12.5. The molecular formula is C19H16Cl2O. The number of hydrogen-bond acceptors (Lipinski definition) is 1. The van der Waals surface area contributed by atoms with E-state index in [1.807, 2.05) is 0 Å². The van der Waals surface area contributed by atoms with Gasteiger partial charge in [0.15, 0.2) is 5.78 Å². The zero-order valence-corrected chi connectivity index (χ0v) is 13.6. The van der Waals surface area contributed by atoms with Crippen LogP contribution in [0.1, 0.15) is 27.0 Å². The normalized spacial score (nSPS) is 10.3. The minimum Gasteiger partial charge on any atom is -0.289 e. The van der Waals surface area contributed by atoms with Crippen molar-refractivity contribution in [3.63, 3.8) is 0 Å². The van der Waals surface area contributed by atoms with Gasteiger partial charge in [0.25, 0.3) is 0 Å². The van der Waals surface area contributed by atoms with Crippen molar-refractivity contribution in [2.24, 2.45) is 0 Å². The third-order valence-corrected chi connectivity index (χ3v) is 4.13. The van der Waals surface area contributed by atoms with Crippen molar-refractivity contribution < 1.29 is 4.79 Å². The molecule has 3 heteroatoms. The van der Waals surface area contributed by atoms with Gasteiger partial charge in [-0.15, -0.1) is 13.2 Å². The maximum Gasteiger partial charge on any atom is 0.193 e. The second-order valence-corrected chi connectivity index (χ2v) is 5.66. The average molecular weight is 331 g/mol. The molecule has 0 unspecified atom stereocenters. The van der Waals surface area contributed by atoms with E-state index in [-0.39, 0.29) is 5.78 Å². The van der Waals surface area contributed by atoms with E-state index in [0.717, 1.165) is 11.1 Å². The van der Waals surface area contributed by atoms with Crippen LogP contribution in [0.4, 0.5) is 0 Å². The van der Waals surface area contributed by atoms with E-state index in [2.05, 4.69) is 13.2 Å². The first-order valence-corrected chi connectivity index (χ1v) is 7.67. The van der Waals surface area contributed by atoms with E-state index in [4.69, 9.17) is 23.2 Å². The molecule has 1 nitrogen and oxygen atoms in total. The van der Waals surface area contributed by atoms with Gasteiger partial charge in [-0.2, -0.15) is 0 Å². The lowest BCUT2D eigenvalue weighted by molar-refractivity contribution is 0.103. The molecule has 0 spiro atoms. The Morgan fingerprint density at radius 2 is 1.27 bits per heavy atom. The first-order valence-electron chi connectivity index (χ1n) is 6.91.